The maximum absolute atomic E-state index is 14.5. The molecular formula is C29H25F4IrN2O2-. The van der Waals surface area contributed by atoms with Crippen molar-refractivity contribution in [1.82, 2.24) is 9.97 Å². The summed E-state index contributed by atoms with van der Waals surface area (Å²) in [7, 11) is 0. The standard InChI is InChI=1S/C24H17F4N2.C5H8O2.Ir/c1-11-5-12(2)8-15(7-11)21-22(16-9-13(3)6-14(4)10-16)30-24-20(28)18(26)17(25)19(27)23(24)29-21;1-4(6)3-5(2)7;/h5-9H,1-4H3;3,6H,1-2H3;/q-1;;/b;4-3-;. The van der Waals surface area contributed by atoms with Gasteiger partial charge >= 0.3 is 0 Å². The number of aryl methyl sites for hydroxylation is 4. The Labute approximate surface area is 231 Å². The molecule has 4 aromatic rings. The Morgan fingerprint density at radius 1 is 0.763 bits per heavy atom. The van der Waals surface area contributed by atoms with Crippen LogP contribution in [0, 0.1) is 57.0 Å². The molecule has 9 heteroatoms. The zero-order chi connectivity index (χ0) is 27.6. The van der Waals surface area contributed by atoms with Crippen LogP contribution < -0.4 is 0 Å². The fourth-order valence-corrected chi connectivity index (χ4v) is 3.96. The van der Waals surface area contributed by atoms with Crippen molar-refractivity contribution in [3.05, 3.63) is 93.8 Å². The Balaban J connectivity index is 0.000000561. The molecule has 0 atom stereocenters. The molecular weight excluding hydrogens is 677 g/mol. The van der Waals surface area contributed by atoms with E-state index in [1.807, 2.05) is 52.0 Å². The van der Waals surface area contributed by atoms with Gasteiger partial charge in [0.25, 0.3) is 0 Å². The van der Waals surface area contributed by atoms with E-state index in [0.717, 1.165) is 22.3 Å². The van der Waals surface area contributed by atoms with Crippen LogP contribution in [-0.2, 0) is 24.9 Å². The molecule has 0 unspecified atom stereocenters. The summed E-state index contributed by atoms with van der Waals surface area (Å²) < 4.78 is 56.6. The van der Waals surface area contributed by atoms with Gasteiger partial charge in [-0.3, -0.25) is 14.8 Å². The molecule has 1 radical (unpaired) electrons. The number of carbonyl (C=O) groups is 1. The normalized spacial score (nSPS) is 11.1. The molecule has 1 N–H and O–H groups in total. The summed E-state index contributed by atoms with van der Waals surface area (Å²) in [6, 6.07) is 12.4. The van der Waals surface area contributed by atoms with Gasteiger partial charge in [-0.1, -0.05) is 43.2 Å². The molecule has 0 aliphatic heterocycles. The second kappa shape index (κ2) is 12.4. The van der Waals surface area contributed by atoms with Crippen LogP contribution in [-0.4, -0.2) is 20.9 Å². The number of aliphatic hydroxyl groups excluding tert-OH is 1. The minimum absolute atomic E-state index is 0. The summed E-state index contributed by atoms with van der Waals surface area (Å²) in [5.41, 5.74) is 3.81. The first-order chi connectivity index (χ1) is 17.3. The van der Waals surface area contributed by atoms with E-state index in [0.29, 0.717) is 11.1 Å². The maximum atomic E-state index is 14.5. The van der Waals surface area contributed by atoms with Gasteiger partial charge in [0.2, 0.25) is 0 Å². The summed E-state index contributed by atoms with van der Waals surface area (Å²) in [4.78, 5) is 18.4. The summed E-state index contributed by atoms with van der Waals surface area (Å²) in [6.07, 6.45) is 1.17. The van der Waals surface area contributed by atoms with Gasteiger partial charge in [-0.25, -0.2) is 17.6 Å². The summed E-state index contributed by atoms with van der Waals surface area (Å²) >= 11 is 0. The van der Waals surface area contributed by atoms with Crippen molar-refractivity contribution in [3.63, 3.8) is 0 Å². The number of nitrogens with zero attached hydrogens (tertiary/aromatic N) is 2. The molecule has 0 aliphatic carbocycles. The number of carbonyl (C=O) groups excluding carboxylic acids is 1. The van der Waals surface area contributed by atoms with Crippen molar-refractivity contribution in [2.75, 3.05) is 0 Å². The van der Waals surface area contributed by atoms with Crippen molar-refractivity contribution in [3.8, 4) is 22.5 Å². The number of hydrogen-bond acceptors (Lipinski definition) is 4. The molecule has 4 nitrogen and oxygen atoms in total. The van der Waals surface area contributed by atoms with Crippen LogP contribution in [0.15, 0.2) is 42.2 Å². The molecule has 0 fully saturated rings. The van der Waals surface area contributed by atoms with E-state index in [-0.39, 0.29) is 43.0 Å². The molecule has 38 heavy (non-hydrogen) atoms. The Morgan fingerprint density at radius 3 is 1.66 bits per heavy atom. The first-order valence-electron chi connectivity index (χ1n) is 11.3. The molecule has 0 saturated heterocycles. The molecule has 0 aliphatic rings. The van der Waals surface area contributed by atoms with Crippen LogP contribution in [0.4, 0.5) is 17.6 Å². The van der Waals surface area contributed by atoms with Crippen LogP contribution in [0.3, 0.4) is 0 Å². The predicted octanol–water partition coefficient (Wildman–Crippen LogP) is 7.59. The third-order valence-electron chi connectivity index (χ3n) is 5.20. The quantitative estimate of drug-likeness (QED) is 0.0598. The average molecular weight is 702 g/mol. The molecule has 0 spiro atoms. The predicted molar refractivity (Wildman–Crippen MR) is 135 cm³/mol. The SMILES string of the molecule is CC(=O)/C=C(/C)O.Cc1[c-]c(-c2nc3c(F)c(F)c(F)c(F)c3nc2-c2cc(C)cc(C)c2)cc(C)c1.[Ir]. The molecule has 3 aromatic carbocycles. The molecule has 0 amide bonds. The van der Waals surface area contributed by atoms with E-state index >= 15 is 0 Å². The van der Waals surface area contributed by atoms with Crippen LogP contribution in [0.5, 0.6) is 0 Å². The van der Waals surface area contributed by atoms with Gasteiger partial charge in [0.1, 0.15) is 11.0 Å². The summed E-state index contributed by atoms with van der Waals surface area (Å²) in [6.45, 7) is 10.4. The van der Waals surface area contributed by atoms with Gasteiger partial charge in [0, 0.05) is 31.9 Å². The van der Waals surface area contributed by atoms with E-state index in [2.05, 4.69) is 16.0 Å². The number of fused-ring (bicyclic) bond motifs is 1. The van der Waals surface area contributed by atoms with Crippen LogP contribution in [0.1, 0.15) is 36.1 Å². The van der Waals surface area contributed by atoms with Gasteiger partial charge in [-0.05, 0) is 33.3 Å². The number of halogens is 4. The van der Waals surface area contributed by atoms with Crippen LogP contribution in [0.2, 0.25) is 0 Å². The molecule has 201 valence electrons. The van der Waals surface area contributed by atoms with E-state index in [1.165, 1.54) is 19.9 Å². The first-order valence-corrected chi connectivity index (χ1v) is 11.3. The monoisotopic (exact) mass is 702 g/mol. The molecule has 4 rings (SSSR count). The molecule has 1 aromatic heterocycles. The third-order valence-corrected chi connectivity index (χ3v) is 5.20. The van der Waals surface area contributed by atoms with Gasteiger partial charge in [0.15, 0.2) is 29.1 Å². The number of benzene rings is 3. The van der Waals surface area contributed by atoms with Gasteiger partial charge in [-0.2, -0.15) is 0 Å². The van der Waals surface area contributed by atoms with Gasteiger partial charge < -0.3 is 5.11 Å². The minimum Gasteiger partial charge on any atom is -0.512 e. The molecule has 0 saturated carbocycles. The first kappa shape index (κ1) is 30.8. The van der Waals surface area contributed by atoms with E-state index in [1.54, 1.807) is 6.07 Å². The summed E-state index contributed by atoms with van der Waals surface area (Å²) in [5.74, 6) is -7.03. The largest absolute Gasteiger partial charge is 0.512 e. The Hall–Kier alpha value is -3.42. The minimum atomic E-state index is -1.91. The Bertz CT molecular complexity index is 1420. The molecule has 1 heterocycles. The Morgan fingerprint density at radius 2 is 1.24 bits per heavy atom. The number of hydrogen-bond donors (Lipinski definition) is 1. The molecule has 0 bridgehead atoms. The topological polar surface area (TPSA) is 63.1 Å². The number of rotatable bonds is 3. The number of allylic oxidation sites excluding steroid dienone is 2. The van der Waals surface area contributed by atoms with Crippen LogP contribution >= 0.6 is 0 Å². The third kappa shape index (κ3) is 6.91. The Kier molecular flexibility index (Phi) is 10.1. The number of ketones is 1. The van der Waals surface area contributed by atoms with E-state index < -0.39 is 34.3 Å². The van der Waals surface area contributed by atoms with Crippen molar-refractivity contribution < 1.29 is 47.6 Å². The average Bonchev–Trinajstić information content (AvgIpc) is 2.78. The van der Waals surface area contributed by atoms with E-state index in [4.69, 9.17) is 5.11 Å². The van der Waals surface area contributed by atoms with E-state index in [9.17, 15) is 22.4 Å². The second-order valence-corrected chi connectivity index (χ2v) is 8.90. The van der Waals surface area contributed by atoms with Crippen LogP contribution in [0.25, 0.3) is 33.5 Å². The fourth-order valence-electron chi connectivity index (χ4n) is 3.96. The van der Waals surface area contributed by atoms with Gasteiger partial charge in [0.05, 0.1) is 11.5 Å². The van der Waals surface area contributed by atoms with Crippen molar-refractivity contribution in [2.45, 2.75) is 41.5 Å². The van der Waals surface area contributed by atoms with Gasteiger partial charge in [-0.15, -0.1) is 34.9 Å². The zero-order valence-electron chi connectivity index (χ0n) is 21.6. The summed E-state index contributed by atoms with van der Waals surface area (Å²) in [5, 5.41) is 8.36. The fraction of sp³-hybridized carbons (Fsp3) is 0.207. The van der Waals surface area contributed by atoms with Crippen molar-refractivity contribution in [2.24, 2.45) is 0 Å². The van der Waals surface area contributed by atoms with Crippen molar-refractivity contribution >= 4 is 16.8 Å². The second-order valence-electron chi connectivity index (χ2n) is 8.90. The smallest absolute Gasteiger partial charge is 0.199 e. The zero-order valence-corrected chi connectivity index (χ0v) is 24.0. The van der Waals surface area contributed by atoms with Crippen molar-refractivity contribution in [1.29, 1.82) is 0 Å². The maximum Gasteiger partial charge on any atom is 0.199 e. The number of aromatic nitrogens is 2. The number of aliphatic hydroxyl groups is 1.